The Morgan fingerprint density at radius 2 is 2.07 bits per heavy atom. The molecule has 0 unspecified atom stereocenters. The number of carbonyl (C=O) groups is 1. The fourth-order valence-electron chi connectivity index (χ4n) is 1.15. The highest BCUT2D eigenvalue weighted by Gasteiger charge is 2.15. The van der Waals surface area contributed by atoms with Gasteiger partial charge in [0, 0.05) is 14.1 Å². The molecule has 72 valence electrons. The molecule has 0 atom stereocenters. The van der Waals surface area contributed by atoms with Gasteiger partial charge in [0.25, 0.3) is 5.89 Å². The minimum atomic E-state index is -0.221. The van der Waals surface area contributed by atoms with E-state index in [1.807, 2.05) is 18.2 Å². The number of hydrogen-bond acceptors (Lipinski definition) is 3. The van der Waals surface area contributed by atoms with Crippen molar-refractivity contribution in [1.29, 1.82) is 0 Å². The maximum atomic E-state index is 11.5. The number of aromatic nitrogens is 1. The van der Waals surface area contributed by atoms with E-state index in [-0.39, 0.29) is 11.8 Å². The van der Waals surface area contributed by atoms with Crippen LogP contribution >= 0.6 is 0 Å². The van der Waals surface area contributed by atoms with Gasteiger partial charge in [-0.25, -0.2) is 4.98 Å². The maximum Gasteiger partial charge on any atom is 0.309 e. The highest BCUT2D eigenvalue weighted by atomic mass is 16.4. The smallest absolute Gasteiger partial charge is 0.309 e. The second-order valence-electron chi connectivity index (χ2n) is 3.19. The Kier molecular flexibility index (Phi) is 1.96. The summed E-state index contributed by atoms with van der Waals surface area (Å²) < 4.78 is 5.29. The van der Waals surface area contributed by atoms with E-state index < -0.39 is 0 Å². The Morgan fingerprint density at radius 3 is 2.71 bits per heavy atom. The Hall–Kier alpha value is -1.84. The summed E-state index contributed by atoms with van der Waals surface area (Å²) in [7, 11) is 3.33. The predicted octanol–water partition coefficient (Wildman–Crippen LogP) is 1.53. The first-order valence-electron chi connectivity index (χ1n) is 4.25. The van der Waals surface area contributed by atoms with E-state index in [2.05, 4.69) is 4.98 Å². The van der Waals surface area contributed by atoms with Crippen LogP contribution in [-0.4, -0.2) is 29.9 Å². The van der Waals surface area contributed by atoms with Crippen LogP contribution in [0.5, 0.6) is 0 Å². The molecule has 0 N–H and O–H groups in total. The third kappa shape index (κ3) is 1.35. The van der Waals surface area contributed by atoms with Gasteiger partial charge in [-0.2, -0.15) is 0 Å². The van der Waals surface area contributed by atoms with Crippen molar-refractivity contribution >= 4 is 17.0 Å². The lowest BCUT2D eigenvalue weighted by Gasteiger charge is -2.04. The second kappa shape index (κ2) is 3.14. The monoisotopic (exact) mass is 190 g/mol. The number of carbonyl (C=O) groups excluding carboxylic acids is 1. The fourth-order valence-corrected chi connectivity index (χ4v) is 1.15. The summed E-state index contributed by atoms with van der Waals surface area (Å²) in [6.07, 6.45) is 0. The molecule has 0 saturated heterocycles. The molecule has 2 rings (SSSR count). The summed E-state index contributed by atoms with van der Waals surface area (Å²) in [6.45, 7) is 0. The molecule has 0 aliphatic heterocycles. The molecule has 0 spiro atoms. The molecule has 0 bridgehead atoms. The van der Waals surface area contributed by atoms with E-state index in [0.29, 0.717) is 11.1 Å². The average molecular weight is 190 g/mol. The van der Waals surface area contributed by atoms with Crippen LogP contribution < -0.4 is 0 Å². The van der Waals surface area contributed by atoms with Crippen molar-refractivity contribution in [2.45, 2.75) is 0 Å². The molecule has 0 fully saturated rings. The van der Waals surface area contributed by atoms with Gasteiger partial charge in [0.2, 0.25) is 0 Å². The lowest BCUT2D eigenvalue weighted by Crippen LogP contribution is -2.21. The zero-order chi connectivity index (χ0) is 10.1. The number of oxazole rings is 1. The number of rotatable bonds is 1. The molecule has 0 radical (unpaired) electrons. The number of fused-ring (bicyclic) bond motifs is 1. The summed E-state index contributed by atoms with van der Waals surface area (Å²) >= 11 is 0. The molecule has 0 saturated carbocycles. The van der Waals surface area contributed by atoms with Crippen molar-refractivity contribution in [3.63, 3.8) is 0 Å². The van der Waals surface area contributed by atoms with E-state index in [4.69, 9.17) is 4.42 Å². The van der Waals surface area contributed by atoms with Crippen LogP contribution in [0.3, 0.4) is 0 Å². The fraction of sp³-hybridized carbons (Fsp3) is 0.200. The number of benzene rings is 1. The van der Waals surface area contributed by atoms with Gasteiger partial charge in [0.05, 0.1) is 0 Å². The van der Waals surface area contributed by atoms with Gasteiger partial charge in [-0.05, 0) is 12.1 Å². The van der Waals surface area contributed by atoms with Crippen LogP contribution in [0.2, 0.25) is 0 Å². The van der Waals surface area contributed by atoms with Gasteiger partial charge in [-0.1, -0.05) is 12.1 Å². The number of hydrogen-bond donors (Lipinski definition) is 0. The molecule has 1 aromatic heterocycles. The predicted molar refractivity (Wildman–Crippen MR) is 52.0 cm³/mol. The minimum Gasteiger partial charge on any atom is -0.432 e. The van der Waals surface area contributed by atoms with Crippen molar-refractivity contribution in [1.82, 2.24) is 9.88 Å². The molecule has 1 heterocycles. The Labute approximate surface area is 81.1 Å². The molecule has 1 aromatic carbocycles. The number of para-hydroxylation sites is 2. The third-order valence-electron chi connectivity index (χ3n) is 1.88. The molecule has 1 amide bonds. The Bertz CT molecular complexity index is 441. The van der Waals surface area contributed by atoms with E-state index >= 15 is 0 Å². The van der Waals surface area contributed by atoms with E-state index in [0.717, 1.165) is 0 Å². The quantitative estimate of drug-likeness (QED) is 0.685. The van der Waals surface area contributed by atoms with Crippen LogP contribution in [0.4, 0.5) is 0 Å². The lowest BCUT2D eigenvalue weighted by atomic mass is 10.3. The Morgan fingerprint density at radius 1 is 1.36 bits per heavy atom. The summed E-state index contributed by atoms with van der Waals surface area (Å²) in [5.41, 5.74) is 1.34. The first-order chi connectivity index (χ1) is 6.68. The SMILES string of the molecule is CN(C)C(=O)c1nc2ccccc2o1. The highest BCUT2D eigenvalue weighted by molar-refractivity contribution is 5.91. The topological polar surface area (TPSA) is 46.3 Å². The molecule has 4 nitrogen and oxygen atoms in total. The van der Waals surface area contributed by atoms with Crippen molar-refractivity contribution in [2.24, 2.45) is 0 Å². The number of amides is 1. The normalized spacial score (nSPS) is 10.4. The zero-order valence-corrected chi connectivity index (χ0v) is 8.02. The summed E-state index contributed by atoms with van der Waals surface area (Å²) in [5.74, 6) is -0.0857. The van der Waals surface area contributed by atoms with Crippen LogP contribution in [-0.2, 0) is 0 Å². The van der Waals surface area contributed by atoms with Crippen LogP contribution in [0.25, 0.3) is 11.1 Å². The summed E-state index contributed by atoms with van der Waals surface area (Å²) in [4.78, 5) is 17.0. The zero-order valence-electron chi connectivity index (χ0n) is 8.02. The molecule has 0 aliphatic rings. The van der Waals surface area contributed by atoms with Crippen molar-refractivity contribution in [3.05, 3.63) is 30.2 Å². The van der Waals surface area contributed by atoms with Gasteiger partial charge in [0.15, 0.2) is 5.58 Å². The summed E-state index contributed by atoms with van der Waals surface area (Å²) in [5, 5.41) is 0. The minimum absolute atomic E-state index is 0.135. The molecular weight excluding hydrogens is 180 g/mol. The average Bonchev–Trinajstić information content (AvgIpc) is 2.59. The highest BCUT2D eigenvalue weighted by Crippen LogP contribution is 2.15. The van der Waals surface area contributed by atoms with E-state index in [1.54, 1.807) is 20.2 Å². The molecule has 14 heavy (non-hydrogen) atoms. The van der Waals surface area contributed by atoms with Crippen LogP contribution in [0.1, 0.15) is 10.7 Å². The first-order valence-corrected chi connectivity index (χ1v) is 4.25. The first kappa shape index (κ1) is 8.74. The number of nitrogens with zero attached hydrogens (tertiary/aromatic N) is 2. The van der Waals surface area contributed by atoms with Crippen molar-refractivity contribution in [2.75, 3.05) is 14.1 Å². The van der Waals surface area contributed by atoms with Gasteiger partial charge in [-0.15, -0.1) is 0 Å². The van der Waals surface area contributed by atoms with Gasteiger partial charge in [0.1, 0.15) is 5.52 Å². The largest absolute Gasteiger partial charge is 0.432 e. The maximum absolute atomic E-state index is 11.5. The van der Waals surface area contributed by atoms with E-state index in [9.17, 15) is 4.79 Å². The van der Waals surface area contributed by atoms with Gasteiger partial charge >= 0.3 is 5.91 Å². The summed E-state index contributed by atoms with van der Waals surface area (Å²) in [6, 6.07) is 7.30. The Balaban J connectivity index is 2.50. The van der Waals surface area contributed by atoms with Crippen molar-refractivity contribution in [3.8, 4) is 0 Å². The van der Waals surface area contributed by atoms with Crippen LogP contribution in [0, 0.1) is 0 Å². The van der Waals surface area contributed by atoms with Gasteiger partial charge < -0.3 is 9.32 Å². The van der Waals surface area contributed by atoms with Crippen molar-refractivity contribution < 1.29 is 9.21 Å². The second-order valence-corrected chi connectivity index (χ2v) is 3.19. The molecular formula is C10H10N2O2. The lowest BCUT2D eigenvalue weighted by molar-refractivity contribution is 0.0791. The molecule has 0 aliphatic carbocycles. The third-order valence-corrected chi connectivity index (χ3v) is 1.88. The standard InChI is InChI=1S/C10H10N2O2/c1-12(2)10(13)9-11-7-5-3-4-6-8(7)14-9/h3-6H,1-2H3. The van der Waals surface area contributed by atoms with Crippen LogP contribution in [0.15, 0.2) is 28.7 Å². The molecule has 4 heteroatoms. The van der Waals surface area contributed by atoms with Gasteiger partial charge in [-0.3, -0.25) is 4.79 Å². The van der Waals surface area contributed by atoms with E-state index in [1.165, 1.54) is 4.90 Å². The molecule has 2 aromatic rings.